The zero-order valence-electron chi connectivity index (χ0n) is 13.6. The molecule has 0 fully saturated rings. The van der Waals surface area contributed by atoms with Crippen LogP contribution in [-0.4, -0.2) is 23.3 Å². The van der Waals surface area contributed by atoms with Crippen molar-refractivity contribution in [3.05, 3.63) is 62.5 Å². The summed E-state index contributed by atoms with van der Waals surface area (Å²) in [5, 5.41) is 6.18. The molecule has 0 saturated carbocycles. The summed E-state index contributed by atoms with van der Waals surface area (Å²) >= 11 is 7.67. The van der Waals surface area contributed by atoms with Gasteiger partial charge in [0.05, 0.1) is 16.0 Å². The minimum Gasteiger partial charge on any atom is -0.352 e. The summed E-state index contributed by atoms with van der Waals surface area (Å²) in [5.41, 5.74) is 3.42. The molecule has 0 spiro atoms. The Bertz CT molecular complexity index is 864. The molecule has 0 aliphatic carbocycles. The average Bonchev–Trinajstić information content (AvgIpc) is 3.08. The minimum atomic E-state index is -0.627. The summed E-state index contributed by atoms with van der Waals surface area (Å²) in [4.78, 5) is 22.1. The third-order valence-electron chi connectivity index (χ3n) is 3.75. The van der Waals surface area contributed by atoms with Crippen LogP contribution in [0.4, 0.5) is 4.39 Å². The lowest BCUT2D eigenvalue weighted by Crippen LogP contribution is -2.36. The summed E-state index contributed by atoms with van der Waals surface area (Å²) < 4.78 is 13.4. The van der Waals surface area contributed by atoms with Gasteiger partial charge in [-0.15, -0.1) is 11.3 Å². The van der Waals surface area contributed by atoms with E-state index in [4.69, 9.17) is 11.6 Å². The van der Waals surface area contributed by atoms with Crippen molar-refractivity contribution in [1.29, 1.82) is 0 Å². The van der Waals surface area contributed by atoms with Crippen LogP contribution in [0.3, 0.4) is 0 Å². The highest BCUT2D eigenvalue weighted by Crippen LogP contribution is 2.36. The second kappa shape index (κ2) is 7.33. The molecule has 130 valence electrons. The van der Waals surface area contributed by atoms with Gasteiger partial charge in [-0.2, -0.15) is 0 Å². The van der Waals surface area contributed by atoms with Gasteiger partial charge in [0.15, 0.2) is 0 Å². The number of carbonyl (C=O) groups is 1. The number of aromatic nitrogens is 1. The van der Waals surface area contributed by atoms with Crippen LogP contribution in [0.5, 0.6) is 0 Å². The highest BCUT2D eigenvalue weighted by Gasteiger charge is 2.31. The van der Waals surface area contributed by atoms with Crippen molar-refractivity contribution < 1.29 is 9.18 Å². The molecule has 25 heavy (non-hydrogen) atoms. The summed E-state index contributed by atoms with van der Waals surface area (Å²) in [6.45, 7) is 4.14. The van der Waals surface area contributed by atoms with E-state index in [-0.39, 0.29) is 10.9 Å². The first kappa shape index (κ1) is 17.6. The first-order chi connectivity index (χ1) is 12.0. The number of hydrogen-bond donors (Lipinski definition) is 2. The van der Waals surface area contributed by atoms with Crippen LogP contribution in [-0.2, 0) is 4.79 Å². The molecule has 1 aliphatic heterocycles. The first-order valence-electron chi connectivity index (χ1n) is 7.68. The van der Waals surface area contributed by atoms with E-state index in [0.29, 0.717) is 29.2 Å². The van der Waals surface area contributed by atoms with E-state index in [0.717, 1.165) is 4.88 Å². The smallest absolute Gasteiger partial charge is 0.251 e. The third kappa shape index (κ3) is 3.57. The summed E-state index contributed by atoms with van der Waals surface area (Å²) in [5.74, 6) is -0.0574. The number of likely N-dealkylation sites (N-methyl/N-ethyl adjacent to an activating group) is 1. The van der Waals surface area contributed by atoms with Crippen molar-refractivity contribution in [2.75, 3.05) is 6.54 Å². The van der Waals surface area contributed by atoms with Gasteiger partial charge < -0.3 is 10.6 Å². The molecule has 0 bridgehead atoms. The molecule has 1 aliphatic rings. The fraction of sp³-hybridized carbons (Fsp3) is 0.235. The molecule has 1 atom stereocenters. The molecular formula is C17H16ClFN4OS. The van der Waals surface area contributed by atoms with Gasteiger partial charge in [-0.1, -0.05) is 17.7 Å². The van der Waals surface area contributed by atoms with Crippen molar-refractivity contribution in [2.24, 2.45) is 4.99 Å². The van der Waals surface area contributed by atoms with E-state index >= 15 is 0 Å². The van der Waals surface area contributed by atoms with Gasteiger partial charge in [-0.05, 0) is 26.0 Å². The molecule has 1 amide bonds. The Balaban J connectivity index is 2.11. The zero-order chi connectivity index (χ0) is 18.0. The van der Waals surface area contributed by atoms with Crippen LogP contribution >= 0.6 is 22.9 Å². The fourth-order valence-corrected chi connectivity index (χ4v) is 3.48. The number of amides is 1. The normalized spacial score (nSPS) is 17.1. The molecule has 0 unspecified atom stereocenters. The van der Waals surface area contributed by atoms with Gasteiger partial charge in [0, 0.05) is 29.0 Å². The van der Waals surface area contributed by atoms with Crippen molar-refractivity contribution in [3.63, 3.8) is 0 Å². The van der Waals surface area contributed by atoms with Crippen LogP contribution in [0.1, 0.15) is 30.3 Å². The standard InChI is InChI=1S/C17H16ClFN4OS/c1-3-21-17(24)14-9(2)22-16(13-7-20-8-25-13)23-15(14)11-5-4-10(19)6-12(11)18/h4-8,15H,3H2,1-2H3,(H,21,24)(H,22,23)/t15-/m0/s1. The number of aliphatic imine (C=N–C) groups is 1. The number of rotatable bonds is 4. The topological polar surface area (TPSA) is 66.4 Å². The Morgan fingerprint density at radius 2 is 2.28 bits per heavy atom. The number of allylic oxidation sites excluding steroid dienone is 1. The van der Waals surface area contributed by atoms with E-state index in [1.54, 1.807) is 17.8 Å². The summed E-state index contributed by atoms with van der Waals surface area (Å²) in [6, 6.07) is 3.48. The molecular weight excluding hydrogens is 363 g/mol. The molecule has 1 aromatic carbocycles. The number of halogens is 2. The predicted octanol–water partition coefficient (Wildman–Crippen LogP) is 3.44. The monoisotopic (exact) mass is 378 g/mol. The summed E-state index contributed by atoms with van der Waals surface area (Å²) in [6.07, 6.45) is 1.70. The number of nitrogens with one attached hydrogen (secondary N) is 2. The summed E-state index contributed by atoms with van der Waals surface area (Å²) in [7, 11) is 0. The Hall–Kier alpha value is -2.25. The predicted molar refractivity (Wildman–Crippen MR) is 97.3 cm³/mol. The number of hydrogen-bond acceptors (Lipinski definition) is 5. The Kier molecular flexibility index (Phi) is 5.15. The number of nitrogens with zero attached hydrogens (tertiary/aromatic N) is 2. The molecule has 5 nitrogen and oxygen atoms in total. The first-order valence-corrected chi connectivity index (χ1v) is 8.94. The van der Waals surface area contributed by atoms with Gasteiger partial charge in [-0.25, -0.2) is 4.39 Å². The SMILES string of the molecule is CCNC(=O)C1=C(C)NC(c2cncs2)=N[C@H]1c1ccc(F)cc1Cl. The lowest BCUT2D eigenvalue weighted by Gasteiger charge is -2.26. The highest BCUT2D eigenvalue weighted by atomic mass is 35.5. The second-order valence-electron chi connectivity index (χ2n) is 5.43. The van der Waals surface area contributed by atoms with Crippen molar-refractivity contribution >= 4 is 34.7 Å². The second-order valence-corrected chi connectivity index (χ2v) is 6.73. The van der Waals surface area contributed by atoms with E-state index in [1.807, 2.05) is 13.8 Å². The Morgan fingerprint density at radius 3 is 2.92 bits per heavy atom. The van der Waals surface area contributed by atoms with Crippen molar-refractivity contribution in [2.45, 2.75) is 19.9 Å². The van der Waals surface area contributed by atoms with E-state index < -0.39 is 11.9 Å². The quantitative estimate of drug-likeness (QED) is 0.856. The maximum absolute atomic E-state index is 13.4. The van der Waals surface area contributed by atoms with Crippen LogP contribution in [0.15, 0.2) is 46.2 Å². The van der Waals surface area contributed by atoms with Crippen LogP contribution in [0.2, 0.25) is 5.02 Å². The highest BCUT2D eigenvalue weighted by molar-refractivity contribution is 7.11. The number of amidine groups is 1. The largest absolute Gasteiger partial charge is 0.352 e. The molecule has 2 aromatic rings. The average molecular weight is 379 g/mol. The number of benzene rings is 1. The molecule has 8 heteroatoms. The van der Waals surface area contributed by atoms with Crippen LogP contribution < -0.4 is 10.6 Å². The number of carbonyl (C=O) groups excluding carboxylic acids is 1. The lowest BCUT2D eigenvalue weighted by atomic mass is 9.95. The van der Waals surface area contributed by atoms with E-state index in [9.17, 15) is 9.18 Å². The molecule has 3 rings (SSSR count). The van der Waals surface area contributed by atoms with E-state index in [1.165, 1.54) is 23.5 Å². The maximum Gasteiger partial charge on any atom is 0.251 e. The molecule has 2 heterocycles. The van der Waals surface area contributed by atoms with Crippen LogP contribution in [0.25, 0.3) is 0 Å². The van der Waals surface area contributed by atoms with Gasteiger partial charge in [-0.3, -0.25) is 14.8 Å². The lowest BCUT2D eigenvalue weighted by molar-refractivity contribution is -0.117. The van der Waals surface area contributed by atoms with Crippen molar-refractivity contribution in [3.8, 4) is 0 Å². The fourth-order valence-electron chi connectivity index (χ4n) is 2.63. The Labute approximate surface area is 153 Å². The minimum absolute atomic E-state index is 0.230. The zero-order valence-corrected chi connectivity index (χ0v) is 15.2. The molecule has 0 saturated heterocycles. The molecule has 1 aromatic heterocycles. The van der Waals surface area contributed by atoms with Gasteiger partial charge in [0.1, 0.15) is 17.7 Å². The Morgan fingerprint density at radius 1 is 1.48 bits per heavy atom. The van der Waals surface area contributed by atoms with Gasteiger partial charge in [0.2, 0.25) is 0 Å². The van der Waals surface area contributed by atoms with Crippen molar-refractivity contribution in [1.82, 2.24) is 15.6 Å². The molecule has 0 radical (unpaired) electrons. The van der Waals surface area contributed by atoms with E-state index in [2.05, 4.69) is 20.6 Å². The van der Waals surface area contributed by atoms with Gasteiger partial charge in [0.25, 0.3) is 5.91 Å². The van der Waals surface area contributed by atoms with Crippen LogP contribution in [0, 0.1) is 5.82 Å². The van der Waals surface area contributed by atoms with Gasteiger partial charge >= 0.3 is 0 Å². The molecule has 2 N–H and O–H groups in total. The maximum atomic E-state index is 13.4. The number of thiazole rings is 1. The third-order valence-corrected chi connectivity index (χ3v) is 4.85.